The van der Waals surface area contributed by atoms with Gasteiger partial charge in [0.05, 0.1) is 0 Å². The molecule has 0 N–H and O–H groups in total. The Hall–Kier alpha value is -3.15. The number of unbranched alkanes of at least 4 members (excludes halogenated alkanes) is 43. The van der Waals surface area contributed by atoms with Crippen LogP contribution in [-0.4, -0.2) is 37.2 Å². The summed E-state index contributed by atoms with van der Waals surface area (Å²) in [5.41, 5.74) is 0. The third-order valence-corrected chi connectivity index (χ3v) is 16.0. The summed E-state index contributed by atoms with van der Waals surface area (Å²) in [6, 6.07) is 0. The lowest BCUT2D eigenvalue weighted by molar-refractivity contribution is -0.167. The number of carbonyl (C=O) groups is 3. The van der Waals surface area contributed by atoms with Gasteiger partial charge in [0.2, 0.25) is 0 Å². The SMILES string of the molecule is CC/C=C\C/C=C\C/C=C\C/C=C\C/C=C\C/C=C\CCCCCCC(=O)OC(COC(=O)CCCCCCCCCCC)COC(=O)CCCCCCCCCCCCCCCCCCCCCCCCCCCCCCCCCC. The van der Waals surface area contributed by atoms with Crippen LogP contribution in [0.25, 0.3) is 0 Å². The topological polar surface area (TPSA) is 78.9 Å². The molecule has 0 saturated heterocycles. The van der Waals surface area contributed by atoms with Crippen molar-refractivity contribution in [2.75, 3.05) is 13.2 Å². The van der Waals surface area contributed by atoms with Gasteiger partial charge in [0.1, 0.15) is 13.2 Å². The molecule has 0 spiro atoms. The van der Waals surface area contributed by atoms with Crippen molar-refractivity contribution >= 4 is 17.9 Å². The van der Waals surface area contributed by atoms with Crippen molar-refractivity contribution in [1.82, 2.24) is 0 Å². The van der Waals surface area contributed by atoms with Crippen LogP contribution in [0.3, 0.4) is 0 Å². The molecule has 0 amide bonds. The molecule has 0 aliphatic carbocycles. The van der Waals surface area contributed by atoms with Gasteiger partial charge in [0.25, 0.3) is 0 Å². The lowest BCUT2D eigenvalue weighted by Gasteiger charge is -2.18. The van der Waals surface area contributed by atoms with Crippen LogP contribution in [0.15, 0.2) is 72.9 Å². The first-order valence-electron chi connectivity index (χ1n) is 35.9. The second-order valence-corrected chi connectivity index (χ2v) is 24.1. The van der Waals surface area contributed by atoms with Crippen molar-refractivity contribution in [2.45, 2.75) is 380 Å². The van der Waals surface area contributed by atoms with Crippen LogP contribution in [0, 0.1) is 0 Å². The van der Waals surface area contributed by atoms with E-state index >= 15 is 0 Å². The monoisotopic (exact) mass is 1150 g/mol. The van der Waals surface area contributed by atoms with Gasteiger partial charge in [0, 0.05) is 19.3 Å². The van der Waals surface area contributed by atoms with Crippen molar-refractivity contribution in [3.05, 3.63) is 72.9 Å². The maximum Gasteiger partial charge on any atom is 0.306 e. The molecule has 6 nitrogen and oxygen atoms in total. The molecule has 0 aromatic rings. The summed E-state index contributed by atoms with van der Waals surface area (Å²) >= 11 is 0. The molecule has 0 bridgehead atoms. The van der Waals surface area contributed by atoms with E-state index in [-0.39, 0.29) is 31.1 Å². The van der Waals surface area contributed by atoms with Gasteiger partial charge < -0.3 is 14.2 Å². The van der Waals surface area contributed by atoms with Crippen molar-refractivity contribution < 1.29 is 28.6 Å². The molecule has 82 heavy (non-hydrogen) atoms. The zero-order valence-corrected chi connectivity index (χ0v) is 54.8. The molecular formula is C76H136O6. The second kappa shape index (κ2) is 70.3. The van der Waals surface area contributed by atoms with E-state index in [1.165, 1.54) is 225 Å². The van der Waals surface area contributed by atoms with Crippen molar-refractivity contribution in [3.63, 3.8) is 0 Å². The molecule has 0 aliphatic heterocycles. The molecule has 1 atom stereocenters. The molecule has 0 aliphatic rings. The largest absolute Gasteiger partial charge is 0.462 e. The summed E-state index contributed by atoms with van der Waals surface area (Å²) < 4.78 is 16.9. The number of carbonyl (C=O) groups excluding carboxylic acids is 3. The highest BCUT2D eigenvalue weighted by Crippen LogP contribution is 2.18. The first kappa shape index (κ1) is 78.8. The summed E-state index contributed by atoms with van der Waals surface area (Å²) in [5.74, 6) is -0.891. The van der Waals surface area contributed by atoms with Crippen LogP contribution in [0.4, 0.5) is 0 Å². The van der Waals surface area contributed by atoms with Gasteiger partial charge in [-0.3, -0.25) is 14.4 Å². The number of hydrogen-bond acceptors (Lipinski definition) is 6. The molecule has 0 heterocycles. The Morgan fingerprint density at radius 2 is 0.476 bits per heavy atom. The van der Waals surface area contributed by atoms with Gasteiger partial charge in [-0.2, -0.15) is 0 Å². The average molecular weight is 1150 g/mol. The van der Waals surface area contributed by atoms with E-state index in [4.69, 9.17) is 14.2 Å². The van der Waals surface area contributed by atoms with Gasteiger partial charge in [-0.15, -0.1) is 0 Å². The average Bonchev–Trinajstić information content (AvgIpc) is 3.48. The molecule has 0 rings (SSSR count). The number of allylic oxidation sites excluding steroid dienone is 12. The Morgan fingerprint density at radius 3 is 0.744 bits per heavy atom. The fourth-order valence-electron chi connectivity index (χ4n) is 10.6. The Labute approximate surface area is 510 Å². The standard InChI is InChI=1S/C76H136O6/c1-4-7-10-13-16-19-21-23-25-27-29-31-33-34-35-36-37-38-39-40-41-43-44-46-48-50-52-54-57-60-63-66-69-75(78)81-72-73(71-80-74(77)68-65-62-59-56-18-15-12-9-6-3)82-76(79)70-67-64-61-58-55-53-51-49-47-45-42-32-30-28-26-24-22-20-17-14-11-8-5-2/h8,11,17,20,24,26,30,32,45,47,51,53,73H,4-7,9-10,12-16,18-19,21-23,25,27-29,31,33-44,46,48-50,52,54-72H2,1-3H3/b11-8-,20-17-,26-24-,32-30-,47-45-,53-51-. The smallest absolute Gasteiger partial charge is 0.306 e. The minimum absolute atomic E-state index is 0.0819. The molecule has 0 aromatic heterocycles. The minimum Gasteiger partial charge on any atom is -0.462 e. The van der Waals surface area contributed by atoms with E-state index in [1.807, 2.05) is 0 Å². The van der Waals surface area contributed by atoms with E-state index in [1.54, 1.807) is 0 Å². The van der Waals surface area contributed by atoms with Gasteiger partial charge >= 0.3 is 17.9 Å². The zero-order chi connectivity index (χ0) is 59.2. The van der Waals surface area contributed by atoms with E-state index in [9.17, 15) is 14.4 Å². The summed E-state index contributed by atoms with van der Waals surface area (Å²) in [6.45, 7) is 6.54. The number of hydrogen-bond donors (Lipinski definition) is 0. The first-order valence-corrected chi connectivity index (χ1v) is 35.9. The van der Waals surface area contributed by atoms with Crippen LogP contribution in [0.1, 0.15) is 374 Å². The number of ether oxygens (including phenoxy) is 3. The molecule has 0 fully saturated rings. The minimum atomic E-state index is -0.787. The van der Waals surface area contributed by atoms with E-state index in [0.29, 0.717) is 19.3 Å². The third kappa shape index (κ3) is 67.6. The van der Waals surface area contributed by atoms with Crippen LogP contribution in [0.2, 0.25) is 0 Å². The molecule has 0 saturated carbocycles. The van der Waals surface area contributed by atoms with Crippen LogP contribution in [0.5, 0.6) is 0 Å². The Bertz CT molecular complexity index is 1500. The van der Waals surface area contributed by atoms with Crippen molar-refractivity contribution in [3.8, 4) is 0 Å². The Morgan fingerprint density at radius 1 is 0.256 bits per heavy atom. The number of rotatable bonds is 66. The van der Waals surface area contributed by atoms with E-state index < -0.39 is 6.10 Å². The highest BCUT2D eigenvalue weighted by atomic mass is 16.6. The van der Waals surface area contributed by atoms with Crippen LogP contribution >= 0.6 is 0 Å². The molecular weight excluding hydrogens is 1010 g/mol. The molecule has 0 radical (unpaired) electrons. The highest BCUT2D eigenvalue weighted by Gasteiger charge is 2.19. The summed E-state index contributed by atoms with van der Waals surface area (Å²) in [6.07, 6.45) is 92.5. The lowest BCUT2D eigenvalue weighted by Crippen LogP contribution is -2.30. The summed E-state index contributed by atoms with van der Waals surface area (Å²) in [7, 11) is 0. The summed E-state index contributed by atoms with van der Waals surface area (Å²) in [5, 5.41) is 0. The zero-order valence-electron chi connectivity index (χ0n) is 54.8. The van der Waals surface area contributed by atoms with Gasteiger partial charge in [0.15, 0.2) is 6.10 Å². The predicted octanol–water partition coefficient (Wildman–Crippen LogP) is 24.8. The van der Waals surface area contributed by atoms with Crippen LogP contribution in [-0.2, 0) is 28.6 Å². The maximum atomic E-state index is 12.9. The van der Waals surface area contributed by atoms with E-state index in [0.717, 1.165) is 109 Å². The predicted molar refractivity (Wildman–Crippen MR) is 358 cm³/mol. The Balaban J connectivity index is 4.11. The lowest BCUT2D eigenvalue weighted by atomic mass is 10.0. The van der Waals surface area contributed by atoms with Gasteiger partial charge in [-0.1, -0.05) is 357 Å². The molecule has 476 valence electrons. The molecule has 0 aromatic carbocycles. The van der Waals surface area contributed by atoms with Crippen molar-refractivity contribution in [1.29, 1.82) is 0 Å². The molecule has 1 unspecified atom stereocenters. The maximum absolute atomic E-state index is 12.9. The fraction of sp³-hybridized carbons (Fsp3) is 0.803. The fourth-order valence-corrected chi connectivity index (χ4v) is 10.6. The normalized spacial score (nSPS) is 12.5. The Kier molecular flexibility index (Phi) is 67.6. The van der Waals surface area contributed by atoms with E-state index in [2.05, 4.69) is 93.7 Å². The summed E-state index contributed by atoms with van der Waals surface area (Å²) in [4.78, 5) is 38.3. The quantitative estimate of drug-likeness (QED) is 0.0261. The van der Waals surface area contributed by atoms with Gasteiger partial charge in [-0.05, 0) is 70.6 Å². The second-order valence-electron chi connectivity index (χ2n) is 24.1. The third-order valence-electron chi connectivity index (χ3n) is 16.0. The number of esters is 3. The highest BCUT2D eigenvalue weighted by molar-refractivity contribution is 5.71. The van der Waals surface area contributed by atoms with Crippen LogP contribution < -0.4 is 0 Å². The van der Waals surface area contributed by atoms with Crippen molar-refractivity contribution in [2.24, 2.45) is 0 Å². The molecule has 6 heteroatoms. The van der Waals surface area contributed by atoms with Gasteiger partial charge in [-0.25, -0.2) is 0 Å². The first-order chi connectivity index (χ1) is 40.5.